The van der Waals surface area contributed by atoms with Gasteiger partial charge in [0.1, 0.15) is 0 Å². The molecule has 1 aromatic carbocycles. The number of hydrogen-bond acceptors (Lipinski definition) is 4. The predicted molar refractivity (Wildman–Crippen MR) is 77.7 cm³/mol. The van der Waals surface area contributed by atoms with Crippen LogP contribution in [-0.4, -0.2) is 37.6 Å². The van der Waals surface area contributed by atoms with Gasteiger partial charge >= 0.3 is 0 Å². The van der Waals surface area contributed by atoms with Gasteiger partial charge in [-0.2, -0.15) is 0 Å². The molecule has 0 aromatic heterocycles. The number of nitrogens with one attached hydrogen (secondary N) is 2. The molecule has 0 saturated carbocycles. The summed E-state index contributed by atoms with van der Waals surface area (Å²) in [6, 6.07) is 4.91. The number of amides is 2. The van der Waals surface area contributed by atoms with E-state index in [1.807, 2.05) is 13.8 Å². The van der Waals surface area contributed by atoms with E-state index in [0.29, 0.717) is 43.2 Å². The first-order valence-corrected chi connectivity index (χ1v) is 7.11. The second-order valence-corrected chi connectivity index (χ2v) is 4.71. The zero-order valence-electron chi connectivity index (χ0n) is 12.3. The second-order valence-electron chi connectivity index (χ2n) is 4.71. The molecule has 1 aromatic rings. The van der Waals surface area contributed by atoms with Crippen LogP contribution in [0.1, 0.15) is 30.6 Å². The smallest absolute Gasteiger partial charge is 0.251 e. The Labute approximate surface area is 123 Å². The molecule has 2 rings (SSSR count). The van der Waals surface area contributed by atoms with Crippen molar-refractivity contribution in [3.63, 3.8) is 0 Å². The highest BCUT2D eigenvalue weighted by molar-refractivity contribution is 5.95. The van der Waals surface area contributed by atoms with Crippen molar-refractivity contribution in [2.45, 2.75) is 26.3 Å². The van der Waals surface area contributed by atoms with Gasteiger partial charge in [-0.05, 0) is 32.0 Å². The first-order chi connectivity index (χ1) is 10.1. The monoisotopic (exact) mass is 292 g/mol. The highest BCUT2D eigenvalue weighted by atomic mass is 16.5. The highest BCUT2D eigenvalue weighted by Gasteiger charge is 2.23. The van der Waals surface area contributed by atoms with E-state index >= 15 is 0 Å². The summed E-state index contributed by atoms with van der Waals surface area (Å²) in [5.74, 6) is 0.906. The van der Waals surface area contributed by atoms with Gasteiger partial charge in [0, 0.05) is 18.5 Å². The summed E-state index contributed by atoms with van der Waals surface area (Å²) in [6.07, 6.45) is 0.321. The maximum absolute atomic E-state index is 12.2. The first kappa shape index (κ1) is 15.2. The number of hydrogen-bond donors (Lipinski definition) is 2. The molecule has 0 aliphatic carbocycles. The number of ether oxygens (including phenoxy) is 2. The standard InChI is InChI=1S/C15H20N2O4/c1-3-20-12-6-5-10(7-13(12)21-4-2)15(19)17-11-8-14(18)16-9-11/h5-7,11H,3-4,8-9H2,1-2H3,(H,16,18)(H,17,19)/t11-/m0/s1. The van der Waals surface area contributed by atoms with E-state index in [4.69, 9.17) is 9.47 Å². The van der Waals surface area contributed by atoms with Crippen molar-refractivity contribution in [3.05, 3.63) is 23.8 Å². The fourth-order valence-corrected chi connectivity index (χ4v) is 2.17. The Morgan fingerprint density at radius 3 is 2.62 bits per heavy atom. The van der Waals surface area contributed by atoms with Crippen molar-refractivity contribution in [1.82, 2.24) is 10.6 Å². The minimum atomic E-state index is -0.222. The van der Waals surface area contributed by atoms with E-state index in [1.54, 1.807) is 18.2 Å². The Bertz CT molecular complexity index is 530. The van der Waals surface area contributed by atoms with E-state index in [0.717, 1.165) is 0 Å². The van der Waals surface area contributed by atoms with Crippen molar-refractivity contribution >= 4 is 11.8 Å². The van der Waals surface area contributed by atoms with E-state index in [2.05, 4.69) is 10.6 Å². The second kappa shape index (κ2) is 6.97. The number of carbonyl (C=O) groups is 2. The summed E-state index contributed by atoms with van der Waals surface area (Å²) in [7, 11) is 0. The lowest BCUT2D eigenvalue weighted by atomic mass is 10.1. The SMILES string of the molecule is CCOc1ccc(C(=O)N[C@@H]2CNC(=O)C2)cc1OCC. The maximum Gasteiger partial charge on any atom is 0.251 e. The van der Waals surface area contributed by atoms with Gasteiger partial charge in [0.15, 0.2) is 11.5 Å². The fraction of sp³-hybridized carbons (Fsp3) is 0.467. The van der Waals surface area contributed by atoms with E-state index in [1.165, 1.54) is 0 Å². The molecule has 6 heteroatoms. The van der Waals surface area contributed by atoms with Gasteiger partial charge in [0.2, 0.25) is 5.91 Å². The van der Waals surface area contributed by atoms with Gasteiger partial charge in [0.05, 0.1) is 19.3 Å². The molecule has 21 heavy (non-hydrogen) atoms. The highest BCUT2D eigenvalue weighted by Crippen LogP contribution is 2.28. The third-order valence-corrected chi connectivity index (χ3v) is 3.12. The van der Waals surface area contributed by atoms with Crippen LogP contribution in [0.25, 0.3) is 0 Å². The molecule has 0 bridgehead atoms. The van der Waals surface area contributed by atoms with Crippen molar-refractivity contribution in [3.8, 4) is 11.5 Å². The topological polar surface area (TPSA) is 76.7 Å². The normalized spacial score (nSPS) is 17.2. The molecule has 2 amide bonds. The molecule has 0 spiro atoms. The van der Waals surface area contributed by atoms with Gasteiger partial charge in [-0.15, -0.1) is 0 Å². The van der Waals surface area contributed by atoms with Crippen LogP contribution in [0.5, 0.6) is 11.5 Å². The van der Waals surface area contributed by atoms with Crippen LogP contribution in [0.15, 0.2) is 18.2 Å². The van der Waals surface area contributed by atoms with Crippen LogP contribution < -0.4 is 20.1 Å². The van der Waals surface area contributed by atoms with Gasteiger partial charge in [-0.1, -0.05) is 0 Å². The lowest BCUT2D eigenvalue weighted by Gasteiger charge is -2.14. The molecule has 1 saturated heterocycles. The van der Waals surface area contributed by atoms with Crippen LogP contribution >= 0.6 is 0 Å². The minimum Gasteiger partial charge on any atom is -0.490 e. The summed E-state index contributed by atoms with van der Waals surface area (Å²) in [6.45, 7) is 5.26. The van der Waals surface area contributed by atoms with Crippen LogP contribution in [0, 0.1) is 0 Å². The van der Waals surface area contributed by atoms with Crippen molar-refractivity contribution in [1.29, 1.82) is 0 Å². The van der Waals surface area contributed by atoms with Gasteiger partial charge < -0.3 is 20.1 Å². The Balaban J connectivity index is 2.09. The van der Waals surface area contributed by atoms with Crippen molar-refractivity contribution in [2.24, 2.45) is 0 Å². The Morgan fingerprint density at radius 2 is 2.00 bits per heavy atom. The Kier molecular flexibility index (Phi) is 5.03. The average Bonchev–Trinajstić information content (AvgIpc) is 2.86. The van der Waals surface area contributed by atoms with Gasteiger partial charge in [0.25, 0.3) is 5.91 Å². The number of carbonyl (C=O) groups excluding carboxylic acids is 2. The molecule has 1 fully saturated rings. The molecule has 6 nitrogen and oxygen atoms in total. The summed E-state index contributed by atoms with van der Waals surface area (Å²) in [5, 5.41) is 5.51. The molecule has 1 aliphatic rings. The molecule has 1 aliphatic heterocycles. The predicted octanol–water partition coefficient (Wildman–Crippen LogP) is 1.10. The lowest BCUT2D eigenvalue weighted by Crippen LogP contribution is -2.36. The summed E-state index contributed by atoms with van der Waals surface area (Å²) >= 11 is 0. The summed E-state index contributed by atoms with van der Waals surface area (Å²) in [4.78, 5) is 23.3. The Hall–Kier alpha value is -2.24. The van der Waals surface area contributed by atoms with Crippen LogP contribution in [0.4, 0.5) is 0 Å². The third kappa shape index (κ3) is 3.87. The number of benzene rings is 1. The van der Waals surface area contributed by atoms with Gasteiger partial charge in [-0.3, -0.25) is 9.59 Å². The van der Waals surface area contributed by atoms with Crippen molar-refractivity contribution < 1.29 is 19.1 Å². The quantitative estimate of drug-likeness (QED) is 0.823. The molecule has 0 radical (unpaired) electrons. The van der Waals surface area contributed by atoms with Gasteiger partial charge in [-0.25, -0.2) is 0 Å². The minimum absolute atomic E-state index is 0.0398. The van der Waals surface area contributed by atoms with E-state index in [9.17, 15) is 9.59 Å². The van der Waals surface area contributed by atoms with Crippen LogP contribution in [-0.2, 0) is 4.79 Å². The fourth-order valence-electron chi connectivity index (χ4n) is 2.17. The molecule has 114 valence electrons. The molecule has 1 heterocycles. The van der Waals surface area contributed by atoms with E-state index in [-0.39, 0.29) is 17.9 Å². The Morgan fingerprint density at radius 1 is 1.29 bits per heavy atom. The van der Waals surface area contributed by atoms with Crippen LogP contribution in [0.3, 0.4) is 0 Å². The van der Waals surface area contributed by atoms with Crippen LogP contribution in [0.2, 0.25) is 0 Å². The lowest BCUT2D eigenvalue weighted by molar-refractivity contribution is -0.119. The van der Waals surface area contributed by atoms with Crippen molar-refractivity contribution in [2.75, 3.05) is 19.8 Å². The molecule has 2 N–H and O–H groups in total. The average molecular weight is 292 g/mol. The first-order valence-electron chi connectivity index (χ1n) is 7.11. The largest absolute Gasteiger partial charge is 0.490 e. The maximum atomic E-state index is 12.2. The molecular formula is C15H20N2O4. The summed E-state index contributed by atoms with van der Waals surface area (Å²) < 4.78 is 11.0. The molecule has 0 unspecified atom stereocenters. The van der Waals surface area contributed by atoms with E-state index < -0.39 is 0 Å². The third-order valence-electron chi connectivity index (χ3n) is 3.12. The zero-order chi connectivity index (χ0) is 15.2. The molecule has 1 atom stereocenters. The zero-order valence-corrected chi connectivity index (χ0v) is 12.3. The summed E-state index contributed by atoms with van der Waals surface area (Å²) in [5.41, 5.74) is 0.487. The number of rotatable bonds is 6. The molecular weight excluding hydrogens is 272 g/mol.